The van der Waals surface area contributed by atoms with Crippen molar-refractivity contribution in [2.45, 2.75) is 84.7 Å². The molecule has 244 valence electrons. The van der Waals surface area contributed by atoms with Crippen LogP contribution in [-0.4, -0.2) is 102 Å². The third-order valence-electron chi connectivity index (χ3n) is 7.52. The summed E-state index contributed by atoms with van der Waals surface area (Å²) in [6, 6.07) is 10.3. The van der Waals surface area contributed by atoms with Gasteiger partial charge in [0.1, 0.15) is 24.6 Å². The molecule has 1 aromatic heterocycles. The highest BCUT2D eigenvalue weighted by Crippen LogP contribution is 2.25. The highest BCUT2D eigenvalue weighted by Gasteiger charge is 2.27. The Kier molecular flexibility index (Phi) is 13.0. The van der Waals surface area contributed by atoms with Crippen molar-refractivity contribution in [3.63, 3.8) is 0 Å². The zero-order valence-corrected chi connectivity index (χ0v) is 27.4. The summed E-state index contributed by atoms with van der Waals surface area (Å²) in [6.07, 6.45) is 2.25. The number of anilines is 1. The van der Waals surface area contributed by atoms with E-state index in [4.69, 9.17) is 24.7 Å². The zero-order chi connectivity index (χ0) is 32.3. The number of carbonyl (C=O) groups is 2. The van der Waals surface area contributed by atoms with Crippen LogP contribution in [0.2, 0.25) is 0 Å². The maximum Gasteiger partial charge on any atom is 0.410 e. The molecular formula is C32H50N6O6. The van der Waals surface area contributed by atoms with Crippen molar-refractivity contribution < 1.29 is 28.5 Å². The number of ether oxygens (including phenoxy) is 4. The molecular weight excluding hydrogens is 564 g/mol. The summed E-state index contributed by atoms with van der Waals surface area (Å²) in [4.78, 5) is 38.7. The van der Waals surface area contributed by atoms with Crippen molar-refractivity contribution in [1.82, 2.24) is 24.7 Å². The van der Waals surface area contributed by atoms with E-state index in [1.807, 2.05) is 65.0 Å². The molecule has 1 unspecified atom stereocenters. The fourth-order valence-electron chi connectivity index (χ4n) is 5.10. The molecule has 0 radical (unpaired) electrons. The SMILES string of the molecule is CCN(C(=O)OC(C)(C)C)C(C)COC.CN1CCC[C@H]1COc1nc(N)c2c(n1)CN(C(=O)OCc1ccccc1)CC2. The molecule has 3 heterocycles. The smallest absolute Gasteiger partial charge is 0.410 e. The number of benzene rings is 1. The Labute approximate surface area is 261 Å². The second kappa shape index (κ2) is 16.4. The van der Waals surface area contributed by atoms with Crippen molar-refractivity contribution in [2.75, 3.05) is 52.7 Å². The largest absolute Gasteiger partial charge is 0.462 e. The summed E-state index contributed by atoms with van der Waals surface area (Å²) < 4.78 is 21.6. The second-order valence-electron chi connectivity index (χ2n) is 12.2. The molecule has 12 nitrogen and oxygen atoms in total. The van der Waals surface area contributed by atoms with Gasteiger partial charge in [-0.2, -0.15) is 9.97 Å². The Hall–Kier alpha value is -3.64. The molecule has 0 saturated carbocycles. The van der Waals surface area contributed by atoms with Crippen LogP contribution >= 0.6 is 0 Å². The van der Waals surface area contributed by atoms with Crippen LogP contribution in [0.4, 0.5) is 15.4 Å². The van der Waals surface area contributed by atoms with E-state index in [0.717, 1.165) is 29.8 Å². The standard InChI is InChI=1S/C21H27N5O3.C11H23NO3/c1-25-10-5-8-16(25)14-28-20-23-18-12-26(11-9-17(18)19(22)24-20)21(27)29-13-15-6-3-2-4-7-15;1-7-12(9(2)8-14-6)10(13)15-11(3,4)5/h2-4,6-7,16H,5,8-14H2,1H3,(H2,22,23,24);9H,7-8H2,1-6H3/t16-;/m0./s1. The monoisotopic (exact) mass is 614 g/mol. The quantitative estimate of drug-likeness (QED) is 0.430. The molecule has 2 atom stereocenters. The number of rotatable bonds is 9. The number of hydrogen-bond donors (Lipinski definition) is 1. The van der Waals surface area contributed by atoms with E-state index in [-0.39, 0.29) is 30.8 Å². The lowest BCUT2D eigenvalue weighted by Crippen LogP contribution is -2.43. The molecule has 4 rings (SSSR count). The predicted octanol–water partition coefficient (Wildman–Crippen LogP) is 4.51. The van der Waals surface area contributed by atoms with Gasteiger partial charge in [0.2, 0.25) is 0 Å². The molecule has 0 aliphatic carbocycles. The van der Waals surface area contributed by atoms with Crippen LogP contribution in [0.3, 0.4) is 0 Å². The van der Waals surface area contributed by atoms with Crippen molar-refractivity contribution in [1.29, 1.82) is 0 Å². The fourth-order valence-corrected chi connectivity index (χ4v) is 5.10. The first-order chi connectivity index (χ1) is 20.9. The first kappa shape index (κ1) is 34.8. The van der Waals surface area contributed by atoms with Crippen LogP contribution in [0.15, 0.2) is 30.3 Å². The number of methoxy groups -OCH3 is 1. The fraction of sp³-hybridized carbons (Fsp3) is 0.625. The number of nitrogens with two attached hydrogens (primary N) is 1. The van der Waals surface area contributed by atoms with Gasteiger partial charge in [-0.25, -0.2) is 9.59 Å². The average Bonchev–Trinajstić information content (AvgIpc) is 3.39. The number of nitrogen functional groups attached to an aromatic ring is 1. The highest BCUT2D eigenvalue weighted by atomic mass is 16.6. The van der Waals surface area contributed by atoms with E-state index in [2.05, 4.69) is 21.9 Å². The van der Waals surface area contributed by atoms with Gasteiger partial charge in [0, 0.05) is 31.8 Å². The molecule has 2 aromatic rings. The highest BCUT2D eigenvalue weighted by molar-refractivity contribution is 5.69. The third-order valence-corrected chi connectivity index (χ3v) is 7.52. The van der Waals surface area contributed by atoms with Gasteiger partial charge in [0.05, 0.1) is 24.9 Å². The summed E-state index contributed by atoms with van der Waals surface area (Å²) in [5.41, 5.74) is 8.26. The lowest BCUT2D eigenvalue weighted by atomic mass is 10.1. The van der Waals surface area contributed by atoms with Crippen molar-refractivity contribution in [2.24, 2.45) is 0 Å². The topological polar surface area (TPSA) is 133 Å². The normalized spacial score (nSPS) is 17.2. The molecule has 44 heavy (non-hydrogen) atoms. The number of nitrogens with zero attached hydrogens (tertiary/aromatic N) is 5. The molecule has 2 aliphatic rings. The van der Waals surface area contributed by atoms with Gasteiger partial charge in [-0.1, -0.05) is 30.3 Å². The lowest BCUT2D eigenvalue weighted by Gasteiger charge is -2.30. The lowest BCUT2D eigenvalue weighted by molar-refractivity contribution is 0.00991. The van der Waals surface area contributed by atoms with Crippen molar-refractivity contribution >= 4 is 18.0 Å². The number of likely N-dealkylation sites (N-methyl/N-ethyl adjacent to an activating group) is 2. The van der Waals surface area contributed by atoms with Crippen molar-refractivity contribution in [3.8, 4) is 6.01 Å². The summed E-state index contributed by atoms with van der Waals surface area (Å²) in [6.45, 7) is 13.3. The van der Waals surface area contributed by atoms with E-state index in [1.165, 1.54) is 6.42 Å². The average molecular weight is 615 g/mol. The molecule has 1 fully saturated rings. The minimum Gasteiger partial charge on any atom is -0.462 e. The Morgan fingerprint density at radius 2 is 1.89 bits per heavy atom. The van der Waals surface area contributed by atoms with E-state index in [1.54, 1.807) is 16.9 Å². The summed E-state index contributed by atoms with van der Waals surface area (Å²) in [5, 5.41) is 0. The Morgan fingerprint density at radius 3 is 2.50 bits per heavy atom. The number of likely N-dealkylation sites (tertiary alicyclic amines) is 1. The molecule has 12 heteroatoms. The van der Waals surface area contributed by atoms with Crippen molar-refractivity contribution in [3.05, 3.63) is 47.2 Å². The molecule has 2 aliphatic heterocycles. The summed E-state index contributed by atoms with van der Waals surface area (Å²) in [5.74, 6) is 0.432. The van der Waals surface area contributed by atoms with Crippen LogP contribution < -0.4 is 10.5 Å². The Bertz CT molecular complexity index is 1210. The molecule has 2 amide bonds. The zero-order valence-electron chi connectivity index (χ0n) is 27.4. The van der Waals surface area contributed by atoms with Crippen LogP contribution in [0.5, 0.6) is 6.01 Å². The Morgan fingerprint density at radius 1 is 1.16 bits per heavy atom. The maximum atomic E-state index is 12.5. The maximum absolute atomic E-state index is 12.5. The number of aromatic nitrogens is 2. The van der Waals surface area contributed by atoms with Gasteiger partial charge in [-0.15, -0.1) is 0 Å². The van der Waals surface area contributed by atoms with E-state index in [0.29, 0.717) is 51.1 Å². The number of carbonyl (C=O) groups excluding carboxylic acids is 2. The van der Waals surface area contributed by atoms with Gasteiger partial charge in [0.15, 0.2) is 0 Å². The van der Waals surface area contributed by atoms with Crippen LogP contribution in [0.1, 0.15) is 64.3 Å². The minimum atomic E-state index is -0.447. The molecule has 2 N–H and O–H groups in total. The van der Waals surface area contributed by atoms with Gasteiger partial charge in [-0.3, -0.25) is 0 Å². The van der Waals surface area contributed by atoms with Crippen LogP contribution in [0, 0.1) is 0 Å². The van der Waals surface area contributed by atoms with E-state index >= 15 is 0 Å². The predicted molar refractivity (Wildman–Crippen MR) is 168 cm³/mol. The second-order valence-corrected chi connectivity index (χ2v) is 12.2. The first-order valence-electron chi connectivity index (χ1n) is 15.3. The van der Waals surface area contributed by atoms with Crippen LogP contribution in [0.25, 0.3) is 0 Å². The third kappa shape index (κ3) is 10.5. The van der Waals surface area contributed by atoms with Gasteiger partial charge in [0.25, 0.3) is 0 Å². The number of amides is 2. The Balaban J connectivity index is 0.000000301. The minimum absolute atomic E-state index is 0.0369. The molecule has 1 aromatic carbocycles. The van der Waals surface area contributed by atoms with E-state index < -0.39 is 5.60 Å². The molecule has 1 saturated heterocycles. The van der Waals surface area contributed by atoms with Gasteiger partial charge >= 0.3 is 18.2 Å². The molecule has 0 spiro atoms. The van der Waals surface area contributed by atoms with Gasteiger partial charge in [-0.05, 0) is 73.0 Å². The number of fused-ring (bicyclic) bond motifs is 1. The van der Waals surface area contributed by atoms with Gasteiger partial charge < -0.3 is 39.4 Å². The van der Waals surface area contributed by atoms with Crippen LogP contribution in [-0.2, 0) is 33.8 Å². The summed E-state index contributed by atoms with van der Waals surface area (Å²) >= 11 is 0. The molecule has 0 bridgehead atoms. The van der Waals surface area contributed by atoms with E-state index in [9.17, 15) is 9.59 Å². The summed E-state index contributed by atoms with van der Waals surface area (Å²) in [7, 11) is 3.72. The first-order valence-corrected chi connectivity index (χ1v) is 15.3. The number of hydrogen-bond acceptors (Lipinski definition) is 10.